The van der Waals surface area contributed by atoms with Crippen LogP contribution < -0.4 is 10.2 Å². The van der Waals surface area contributed by atoms with Gasteiger partial charge in [0.25, 0.3) is 0 Å². The summed E-state index contributed by atoms with van der Waals surface area (Å²) in [5, 5.41) is 3.33. The molecule has 1 N–H and O–H groups in total. The predicted molar refractivity (Wildman–Crippen MR) is 98.3 cm³/mol. The van der Waals surface area contributed by atoms with E-state index in [9.17, 15) is 9.59 Å². The lowest BCUT2D eigenvalue weighted by molar-refractivity contribution is -0.117. The summed E-state index contributed by atoms with van der Waals surface area (Å²) in [6.45, 7) is 7.62. The standard InChI is InChI=1S/C18H24ClN3O3/c1-12-10-21(11-18(2,3)25-12)17(24)20-15-9-13(6-7-14(15)19)22-8-4-5-16(22)23/h6-7,9,12H,4-5,8,10-11H2,1-3H3,(H,20,24). The SMILES string of the molecule is CC1CN(C(=O)Nc2cc(N3CCCC3=O)ccc2Cl)CC(C)(C)O1. The molecule has 136 valence electrons. The summed E-state index contributed by atoms with van der Waals surface area (Å²) in [7, 11) is 0. The molecule has 0 aliphatic carbocycles. The molecule has 0 saturated carbocycles. The zero-order valence-electron chi connectivity index (χ0n) is 14.8. The molecule has 25 heavy (non-hydrogen) atoms. The van der Waals surface area contributed by atoms with Crippen LogP contribution in [0.25, 0.3) is 0 Å². The van der Waals surface area contributed by atoms with Crippen molar-refractivity contribution in [1.82, 2.24) is 4.90 Å². The van der Waals surface area contributed by atoms with Crippen LogP contribution in [0.5, 0.6) is 0 Å². The number of halogens is 1. The van der Waals surface area contributed by atoms with Gasteiger partial charge < -0.3 is 19.9 Å². The molecule has 1 atom stereocenters. The monoisotopic (exact) mass is 365 g/mol. The molecule has 2 heterocycles. The molecule has 0 spiro atoms. The van der Waals surface area contributed by atoms with Gasteiger partial charge in [0.05, 0.1) is 29.0 Å². The summed E-state index contributed by atoms with van der Waals surface area (Å²) in [5.41, 5.74) is 0.890. The number of hydrogen-bond donors (Lipinski definition) is 1. The maximum absolute atomic E-state index is 12.7. The number of urea groups is 1. The van der Waals surface area contributed by atoms with Crippen molar-refractivity contribution < 1.29 is 14.3 Å². The maximum atomic E-state index is 12.7. The topological polar surface area (TPSA) is 61.9 Å². The van der Waals surface area contributed by atoms with Gasteiger partial charge in [-0.25, -0.2) is 4.79 Å². The lowest BCUT2D eigenvalue weighted by atomic mass is 10.1. The molecular weight excluding hydrogens is 342 g/mol. The summed E-state index contributed by atoms with van der Waals surface area (Å²) in [5.74, 6) is 0.100. The molecule has 2 aliphatic heterocycles. The van der Waals surface area contributed by atoms with Gasteiger partial charge in [0.2, 0.25) is 5.91 Å². The van der Waals surface area contributed by atoms with Crippen molar-refractivity contribution in [2.24, 2.45) is 0 Å². The molecule has 2 fully saturated rings. The minimum Gasteiger partial charge on any atom is -0.369 e. The summed E-state index contributed by atoms with van der Waals surface area (Å²) < 4.78 is 5.83. The van der Waals surface area contributed by atoms with E-state index in [1.165, 1.54) is 0 Å². The van der Waals surface area contributed by atoms with Gasteiger partial charge in [-0.1, -0.05) is 11.6 Å². The van der Waals surface area contributed by atoms with Crippen molar-refractivity contribution in [2.45, 2.75) is 45.3 Å². The van der Waals surface area contributed by atoms with Gasteiger partial charge in [-0.05, 0) is 45.4 Å². The average Bonchev–Trinajstić information content (AvgIpc) is 2.93. The smallest absolute Gasteiger partial charge is 0.322 e. The molecule has 1 aromatic carbocycles. The molecule has 0 bridgehead atoms. The highest BCUT2D eigenvalue weighted by atomic mass is 35.5. The maximum Gasteiger partial charge on any atom is 0.322 e. The number of hydrogen-bond acceptors (Lipinski definition) is 3. The highest BCUT2D eigenvalue weighted by Gasteiger charge is 2.34. The Morgan fingerprint density at radius 3 is 2.80 bits per heavy atom. The molecule has 7 heteroatoms. The molecule has 1 unspecified atom stereocenters. The van der Waals surface area contributed by atoms with Gasteiger partial charge in [-0.15, -0.1) is 0 Å². The predicted octanol–water partition coefficient (Wildman–Crippen LogP) is 3.50. The van der Waals surface area contributed by atoms with Crippen molar-refractivity contribution >= 4 is 34.9 Å². The van der Waals surface area contributed by atoms with Crippen LogP contribution in [0.3, 0.4) is 0 Å². The fourth-order valence-corrected chi connectivity index (χ4v) is 3.67. The van der Waals surface area contributed by atoms with Crippen LogP contribution in [-0.2, 0) is 9.53 Å². The van der Waals surface area contributed by atoms with Crippen LogP contribution in [-0.4, -0.2) is 48.2 Å². The van der Waals surface area contributed by atoms with E-state index >= 15 is 0 Å². The Labute approximate surface area is 153 Å². The van der Waals surface area contributed by atoms with Crippen molar-refractivity contribution in [1.29, 1.82) is 0 Å². The van der Waals surface area contributed by atoms with Crippen molar-refractivity contribution in [3.05, 3.63) is 23.2 Å². The quantitative estimate of drug-likeness (QED) is 0.872. The van der Waals surface area contributed by atoms with E-state index in [0.29, 0.717) is 36.8 Å². The van der Waals surface area contributed by atoms with Gasteiger partial charge in [0.15, 0.2) is 0 Å². The zero-order valence-corrected chi connectivity index (χ0v) is 15.6. The van der Waals surface area contributed by atoms with Crippen LogP contribution >= 0.6 is 11.6 Å². The van der Waals surface area contributed by atoms with E-state index in [4.69, 9.17) is 16.3 Å². The Morgan fingerprint density at radius 2 is 2.16 bits per heavy atom. The molecule has 0 aromatic heterocycles. The first kappa shape index (κ1) is 18.0. The molecule has 2 saturated heterocycles. The molecule has 0 radical (unpaired) electrons. The Balaban J connectivity index is 1.75. The average molecular weight is 366 g/mol. The zero-order chi connectivity index (χ0) is 18.2. The second-order valence-electron chi connectivity index (χ2n) is 7.31. The van der Waals surface area contributed by atoms with E-state index in [-0.39, 0.29) is 23.6 Å². The van der Waals surface area contributed by atoms with Gasteiger partial charge in [-0.3, -0.25) is 4.79 Å². The van der Waals surface area contributed by atoms with E-state index < -0.39 is 0 Å². The number of benzene rings is 1. The van der Waals surface area contributed by atoms with Crippen molar-refractivity contribution in [2.75, 3.05) is 29.9 Å². The number of ether oxygens (including phenoxy) is 1. The largest absolute Gasteiger partial charge is 0.369 e. The third-order valence-electron chi connectivity index (χ3n) is 4.43. The summed E-state index contributed by atoms with van der Waals surface area (Å²) in [6, 6.07) is 5.07. The first-order valence-electron chi connectivity index (χ1n) is 8.59. The molecule has 1 aromatic rings. The normalized spacial score (nSPS) is 23.0. The Kier molecular flexibility index (Phi) is 4.93. The second-order valence-corrected chi connectivity index (χ2v) is 7.72. The molecular formula is C18H24ClN3O3. The number of carbonyl (C=O) groups is 2. The van der Waals surface area contributed by atoms with E-state index in [1.807, 2.05) is 20.8 Å². The number of nitrogens with zero attached hydrogens (tertiary/aromatic N) is 2. The lowest BCUT2D eigenvalue weighted by Gasteiger charge is -2.41. The van der Waals surface area contributed by atoms with Gasteiger partial charge in [0, 0.05) is 25.2 Å². The first-order valence-corrected chi connectivity index (χ1v) is 8.97. The third kappa shape index (κ3) is 4.07. The molecule has 3 amide bonds. The van der Waals surface area contributed by atoms with Gasteiger partial charge >= 0.3 is 6.03 Å². The Morgan fingerprint density at radius 1 is 1.40 bits per heavy atom. The van der Waals surface area contributed by atoms with E-state index in [0.717, 1.165) is 12.1 Å². The molecule has 6 nitrogen and oxygen atoms in total. The fraction of sp³-hybridized carbons (Fsp3) is 0.556. The lowest BCUT2D eigenvalue weighted by Crippen LogP contribution is -2.54. The van der Waals surface area contributed by atoms with Gasteiger partial charge in [0.1, 0.15) is 0 Å². The molecule has 3 rings (SSSR count). The van der Waals surface area contributed by atoms with Crippen LogP contribution in [0.2, 0.25) is 5.02 Å². The van der Waals surface area contributed by atoms with Crippen LogP contribution in [0, 0.1) is 0 Å². The number of rotatable bonds is 2. The number of carbonyl (C=O) groups excluding carboxylic acids is 2. The van der Waals surface area contributed by atoms with E-state index in [2.05, 4.69) is 5.32 Å². The Hall–Kier alpha value is -1.79. The number of morpholine rings is 1. The van der Waals surface area contributed by atoms with Crippen LogP contribution in [0.15, 0.2) is 18.2 Å². The van der Waals surface area contributed by atoms with Crippen molar-refractivity contribution in [3.8, 4) is 0 Å². The summed E-state index contributed by atoms with van der Waals surface area (Å²) in [6.07, 6.45) is 1.38. The minimum absolute atomic E-state index is 0.0291. The van der Waals surface area contributed by atoms with Crippen molar-refractivity contribution in [3.63, 3.8) is 0 Å². The molecule has 2 aliphatic rings. The number of anilines is 2. The highest BCUT2D eigenvalue weighted by molar-refractivity contribution is 6.33. The Bertz CT molecular complexity index is 692. The number of nitrogens with one attached hydrogen (secondary N) is 1. The van der Waals surface area contributed by atoms with E-state index in [1.54, 1.807) is 28.0 Å². The fourth-order valence-electron chi connectivity index (χ4n) is 3.50. The highest BCUT2D eigenvalue weighted by Crippen LogP contribution is 2.30. The van der Waals surface area contributed by atoms with Gasteiger partial charge in [-0.2, -0.15) is 0 Å². The summed E-state index contributed by atoms with van der Waals surface area (Å²) in [4.78, 5) is 28.1. The second kappa shape index (κ2) is 6.84. The number of amides is 3. The third-order valence-corrected chi connectivity index (χ3v) is 4.76. The first-order chi connectivity index (χ1) is 11.7. The van der Waals surface area contributed by atoms with Crippen LogP contribution in [0.1, 0.15) is 33.6 Å². The minimum atomic E-state index is -0.386. The van der Waals surface area contributed by atoms with Crippen LogP contribution in [0.4, 0.5) is 16.2 Å². The summed E-state index contributed by atoms with van der Waals surface area (Å²) >= 11 is 6.25.